The van der Waals surface area contributed by atoms with Crippen LogP contribution >= 0.6 is 0 Å². The Labute approximate surface area is 124 Å². The van der Waals surface area contributed by atoms with E-state index in [0.29, 0.717) is 5.91 Å². The summed E-state index contributed by atoms with van der Waals surface area (Å²) in [6.07, 6.45) is 1.80. The predicted octanol–water partition coefficient (Wildman–Crippen LogP) is 2.82. The number of hydrogen-bond donors (Lipinski definition) is 1. The minimum atomic E-state index is -0.184. The molecule has 4 heteroatoms. The van der Waals surface area contributed by atoms with Crippen LogP contribution in [0.15, 0.2) is 18.2 Å². The third-order valence-corrected chi connectivity index (χ3v) is 5.22. The number of H-pyrrole nitrogens is 1. The molecule has 2 aromatic rings. The predicted molar refractivity (Wildman–Crippen MR) is 81.4 cm³/mol. The zero-order chi connectivity index (χ0) is 14.8. The lowest BCUT2D eigenvalue weighted by molar-refractivity contribution is -0.133. The van der Waals surface area contributed by atoms with E-state index in [1.165, 1.54) is 16.6 Å². The van der Waals surface area contributed by atoms with Crippen molar-refractivity contribution in [3.63, 3.8) is 0 Å². The molecule has 0 unspecified atom stereocenters. The smallest absolute Gasteiger partial charge is 0.226 e. The zero-order valence-corrected chi connectivity index (χ0v) is 12.7. The van der Waals surface area contributed by atoms with E-state index in [1.807, 2.05) is 13.0 Å². The van der Waals surface area contributed by atoms with Gasteiger partial charge in [-0.1, -0.05) is 6.92 Å². The Bertz CT molecular complexity index is 749. The first kappa shape index (κ1) is 12.7. The summed E-state index contributed by atoms with van der Waals surface area (Å²) in [5.74, 6) is 1.29. The Kier molecular flexibility index (Phi) is 2.44. The molecule has 0 bridgehead atoms. The maximum Gasteiger partial charge on any atom is 0.226 e. The molecule has 3 heterocycles. The van der Waals surface area contributed by atoms with Gasteiger partial charge in [0.2, 0.25) is 5.91 Å². The lowest BCUT2D eigenvalue weighted by Gasteiger charge is -2.39. The molecule has 0 saturated carbocycles. The third-order valence-electron chi connectivity index (χ3n) is 5.22. The lowest BCUT2D eigenvalue weighted by Crippen LogP contribution is -2.46. The molecule has 1 aromatic heterocycles. The van der Waals surface area contributed by atoms with E-state index < -0.39 is 0 Å². The number of benzene rings is 1. The number of rotatable bonds is 1. The van der Waals surface area contributed by atoms with Crippen molar-refractivity contribution in [1.82, 2.24) is 9.88 Å². The summed E-state index contributed by atoms with van der Waals surface area (Å²) in [4.78, 5) is 18.0. The molecule has 2 aliphatic heterocycles. The summed E-state index contributed by atoms with van der Waals surface area (Å²) < 4.78 is 5.35. The molecule has 1 aromatic carbocycles. The van der Waals surface area contributed by atoms with Crippen molar-refractivity contribution in [2.75, 3.05) is 13.7 Å². The minimum Gasteiger partial charge on any atom is -0.497 e. The molecular formula is C17H20N2O2. The van der Waals surface area contributed by atoms with Crippen LogP contribution in [0.3, 0.4) is 0 Å². The Balaban J connectivity index is 1.94. The van der Waals surface area contributed by atoms with Gasteiger partial charge in [-0.25, -0.2) is 0 Å². The van der Waals surface area contributed by atoms with E-state index in [9.17, 15) is 4.79 Å². The summed E-state index contributed by atoms with van der Waals surface area (Å²) in [5, 5.41) is 1.23. The van der Waals surface area contributed by atoms with E-state index in [-0.39, 0.29) is 11.5 Å². The van der Waals surface area contributed by atoms with Crippen LogP contribution in [-0.2, 0) is 16.8 Å². The van der Waals surface area contributed by atoms with E-state index in [1.54, 1.807) is 7.11 Å². The first-order valence-electron chi connectivity index (χ1n) is 7.55. The molecule has 4 nitrogen and oxygen atoms in total. The summed E-state index contributed by atoms with van der Waals surface area (Å²) in [7, 11) is 1.70. The van der Waals surface area contributed by atoms with Gasteiger partial charge >= 0.3 is 0 Å². The highest BCUT2D eigenvalue weighted by atomic mass is 16.5. The van der Waals surface area contributed by atoms with Gasteiger partial charge in [-0.2, -0.15) is 0 Å². The number of carbonyl (C=O) groups excluding carboxylic acids is 1. The fraction of sp³-hybridized carbons (Fsp3) is 0.471. The second-order valence-corrected chi connectivity index (χ2v) is 6.51. The molecule has 2 atom stereocenters. The van der Waals surface area contributed by atoms with Gasteiger partial charge in [0, 0.05) is 29.1 Å². The number of methoxy groups -OCH3 is 1. The molecule has 21 heavy (non-hydrogen) atoms. The molecular weight excluding hydrogens is 264 g/mol. The maximum atomic E-state index is 12.4. The number of aromatic nitrogens is 1. The van der Waals surface area contributed by atoms with Crippen molar-refractivity contribution in [1.29, 1.82) is 0 Å². The highest BCUT2D eigenvalue weighted by molar-refractivity contribution is 5.89. The maximum absolute atomic E-state index is 12.4. The van der Waals surface area contributed by atoms with Crippen molar-refractivity contribution < 1.29 is 9.53 Å². The number of nitrogens with one attached hydrogen (secondary N) is 1. The molecule has 4 rings (SSSR count). The standard InChI is InChI=1S/C17H20N2O2/c1-10-9-17(2)15-12(6-7-19(17)16(10)20)13-8-11(21-3)4-5-14(13)18-15/h4-5,8,10,18H,6-7,9H2,1-3H3/t10-,17-/m1/s1. The highest BCUT2D eigenvalue weighted by Crippen LogP contribution is 2.47. The molecule has 0 radical (unpaired) electrons. The van der Waals surface area contributed by atoms with Crippen LogP contribution in [0.5, 0.6) is 5.75 Å². The molecule has 0 spiro atoms. The monoisotopic (exact) mass is 284 g/mol. The fourth-order valence-electron chi connectivity index (χ4n) is 4.19. The molecule has 0 aliphatic carbocycles. The topological polar surface area (TPSA) is 45.3 Å². The van der Waals surface area contributed by atoms with Crippen molar-refractivity contribution in [2.24, 2.45) is 5.92 Å². The van der Waals surface area contributed by atoms with Gasteiger partial charge in [0.25, 0.3) is 0 Å². The molecule has 1 saturated heterocycles. The van der Waals surface area contributed by atoms with Gasteiger partial charge in [0.1, 0.15) is 5.75 Å². The Morgan fingerprint density at radius 3 is 3.00 bits per heavy atom. The van der Waals surface area contributed by atoms with Crippen LogP contribution in [0.2, 0.25) is 0 Å². The van der Waals surface area contributed by atoms with Crippen LogP contribution in [0.25, 0.3) is 10.9 Å². The highest BCUT2D eigenvalue weighted by Gasteiger charge is 2.50. The van der Waals surface area contributed by atoms with Gasteiger partial charge < -0.3 is 14.6 Å². The average molecular weight is 284 g/mol. The van der Waals surface area contributed by atoms with Crippen molar-refractivity contribution >= 4 is 16.8 Å². The van der Waals surface area contributed by atoms with Crippen molar-refractivity contribution in [2.45, 2.75) is 32.2 Å². The molecule has 110 valence electrons. The van der Waals surface area contributed by atoms with Gasteiger partial charge in [0.15, 0.2) is 0 Å². The quantitative estimate of drug-likeness (QED) is 0.875. The van der Waals surface area contributed by atoms with E-state index in [4.69, 9.17) is 4.74 Å². The summed E-state index contributed by atoms with van der Waals surface area (Å²) in [6, 6.07) is 6.15. The SMILES string of the molecule is COc1ccc2[nH]c3c(c2c1)CCN1C(=O)[C@H](C)C[C@]31C. The second-order valence-electron chi connectivity index (χ2n) is 6.51. The van der Waals surface area contributed by atoms with Crippen LogP contribution in [0.4, 0.5) is 0 Å². The Morgan fingerprint density at radius 1 is 1.43 bits per heavy atom. The van der Waals surface area contributed by atoms with E-state index in [2.05, 4.69) is 28.9 Å². The van der Waals surface area contributed by atoms with E-state index >= 15 is 0 Å². The lowest BCUT2D eigenvalue weighted by atomic mass is 9.85. The van der Waals surface area contributed by atoms with Crippen LogP contribution in [-0.4, -0.2) is 29.4 Å². The second kappa shape index (κ2) is 4.03. The molecule has 1 fully saturated rings. The van der Waals surface area contributed by atoms with Crippen molar-refractivity contribution in [3.05, 3.63) is 29.5 Å². The van der Waals surface area contributed by atoms with Crippen molar-refractivity contribution in [3.8, 4) is 5.75 Å². The number of hydrogen-bond acceptors (Lipinski definition) is 2. The molecule has 2 aliphatic rings. The van der Waals surface area contributed by atoms with Crippen LogP contribution in [0, 0.1) is 5.92 Å². The Hall–Kier alpha value is -1.97. The van der Waals surface area contributed by atoms with Gasteiger partial charge in [-0.05, 0) is 43.5 Å². The van der Waals surface area contributed by atoms with E-state index in [0.717, 1.165) is 30.7 Å². The minimum absolute atomic E-state index is 0.113. The van der Waals surface area contributed by atoms with Gasteiger partial charge in [-0.3, -0.25) is 4.79 Å². The average Bonchev–Trinajstić information content (AvgIpc) is 2.95. The number of ether oxygens (including phenoxy) is 1. The summed E-state index contributed by atoms with van der Waals surface area (Å²) >= 11 is 0. The number of amides is 1. The first-order valence-corrected chi connectivity index (χ1v) is 7.55. The fourth-order valence-corrected chi connectivity index (χ4v) is 4.19. The number of aromatic amines is 1. The Morgan fingerprint density at radius 2 is 2.24 bits per heavy atom. The van der Waals surface area contributed by atoms with Crippen LogP contribution < -0.4 is 4.74 Å². The number of nitrogens with zero attached hydrogens (tertiary/aromatic N) is 1. The largest absolute Gasteiger partial charge is 0.497 e. The van der Waals surface area contributed by atoms with Crippen LogP contribution in [0.1, 0.15) is 31.5 Å². The summed E-state index contributed by atoms with van der Waals surface area (Å²) in [5.41, 5.74) is 3.52. The molecule has 1 N–H and O–H groups in total. The number of carbonyl (C=O) groups is 1. The summed E-state index contributed by atoms with van der Waals surface area (Å²) in [6.45, 7) is 5.05. The normalized spacial score (nSPS) is 27.9. The molecule has 1 amide bonds. The third kappa shape index (κ3) is 1.53. The first-order chi connectivity index (χ1) is 10.0. The van der Waals surface area contributed by atoms with Gasteiger partial charge in [-0.15, -0.1) is 0 Å². The van der Waals surface area contributed by atoms with Gasteiger partial charge in [0.05, 0.1) is 12.6 Å². The number of fused-ring (bicyclic) bond motifs is 5. The zero-order valence-electron chi connectivity index (χ0n) is 12.7.